The maximum Gasteiger partial charge on any atom is 0.262 e. The highest BCUT2D eigenvalue weighted by Gasteiger charge is 2.34. The summed E-state index contributed by atoms with van der Waals surface area (Å²) in [6.07, 6.45) is -0.548. The van der Waals surface area contributed by atoms with E-state index in [9.17, 15) is 18.4 Å². The zero-order valence-electron chi connectivity index (χ0n) is 18.9. The summed E-state index contributed by atoms with van der Waals surface area (Å²) in [5.74, 6) is -0.912. The third-order valence-corrected chi connectivity index (χ3v) is 5.73. The van der Waals surface area contributed by atoms with Crippen molar-refractivity contribution in [3.8, 4) is 5.75 Å². The number of carbonyl (C=O) groups excluding carboxylic acids is 2. The first kappa shape index (κ1) is 23.0. The van der Waals surface area contributed by atoms with Crippen LogP contribution in [0.3, 0.4) is 0 Å². The van der Waals surface area contributed by atoms with E-state index in [1.807, 2.05) is 12.1 Å². The lowest BCUT2D eigenvalue weighted by atomic mass is 10.0. The molecule has 36 heavy (non-hydrogen) atoms. The van der Waals surface area contributed by atoms with Crippen LogP contribution < -0.4 is 20.3 Å². The van der Waals surface area contributed by atoms with Gasteiger partial charge in [0.15, 0.2) is 6.61 Å². The standard InChI is InChI=1S/C28H21F2N3O3/c29-19-7-11-21(12-8-19)31-26(34)17-36-23-15-5-18(6-16-23)27-32-25-4-2-1-3-24(25)28(35)33(27)22-13-9-20(30)10-14-22/h1-16,27,32H,17H2,(H,31,34)/t27-/m0/s1. The summed E-state index contributed by atoms with van der Waals surface area (Å²) in [5, 5.41) is 6.02. The first-order valence-electron chi connectivity index (χ1n) is 11.2. The number of anilines is 3. The number of nitrogens with zero attached hydrogens (tertiary/aromatic N) is 1. The zero-order valence-corrected chi connectivity index (χ0v) is 18.9. The van der Waals surface area contributed by atoms with Gasteiger partial charge < -0.3 is 15.4 Å². The quantitative estimate of drug-likeness (QED) is 0.365. The van der Waals surface area contributed by atoms with Crippen LogP contribution in [0.25, 0.3) is 0 Å². The monoisotopic (exact) mass is 485 g/mol. The molecular weight excluding hydrogens is 464 g/mol. The molecule has 1 atom stereocenters. The molecule has 0 saturated heterocycles. The van der Waals surface area contributed by atoms with Crippen molar-refractivity contribution < 1.29 is 23.1 Å². The molecule has 4 aromatic rings. The summed E-state index contributed by atoms with van der Waals surface area (Å²) in [7, 11) is 0. The molecule has 180 valence electrons. The van der Waals surface area contributed by atoms with Crippen LogP contribution in [0, 0.1) is 11.6 Å². The van der Waals surface area contributed by atoms with E-state index in [-0.39, 0.29) is 24.2 Å². The van der Waals surface area contributed by atoms with Gasteiger partial charge in [0.2, 0.25) is 0 Å². The number of carbonyl (C=O) groups is 2. The molecular formula is C28H21F2N3O3. The van der Waals surface area contributed by atoms with E-state index < -0.39 is 12.0 Å². The number of fused-ring (bicyclic) bond motifs is 1. The second kappa shape index (κ2) is 9.87. The summed E-state index contributed by atoms with van der Waals surface area (Å²) < 4.78 is 32.1. The van der Waals surface area contributed by atoms with Crippen LogP contribution in [0.4, 0.5) is 25.8 Å². The van der Waals surface area contributed by atoms with Crippen molar-refractivity contribution in [2.24, 2.45) is 0 Å². The number of nitrogens with one attached hydrogen (secondary N) is 2. The first-order chi connectivity index (χ1) is 17.5. The molecule has 6 nitrogen and oxygen atoms in total. The highest BCUT2D eigenvalue weighted by atomic mass is 19.1. The second-order valence-corrected chi connectivity index (χ2v) is 8.16. The van der Waals surface area contributed by atoms with E-state index in [0.717, 1.165) is 5.56 Å². The number of para-hydroxylation sites is 1. The van der Waals surface area contributed by atoms with Gasteiger partial charge in [-0.3, -0.25) is 14.5 Å². The largest absolute Gasteiger partial charge is 0.484 e. The predicted octanol–water partition coefficient (Wildman–Crippen LogP) is 5.75. The minimum atomic E-state index is -0.548. The number of amides is 2. The summed E-state index contributed by atoms with van der Waals surface area (Å²) in [5.41, 5.74) is 3.00. The predicted molar refractivity (Wildman–Crippen MR) is 133 cm³/mol. The lowest BCUT2D eigenvalue weighted by Crippen LogP contribution is -2.43. The van der Waals surface area contributed by atoms with E-state index in [1.54, 1.807) is 53.4 Å². The lowest BCUT2D eigenvalue weighted by Gasteiger charge is -2.38. The van der Waals surface area contributed by atoms with Crippen molar-refractivity contribution in [1.82, 2.24) is 0 Å². The Bertz CT molecular complexity index is 1390. The molecule has 4 aromatic carbocycles. The normalized spacial score (nSPS) is 14.6. The Morgan fingerprint density at radius 3 is 2.19 bits per heavy atom. The molecule has 0 bridgehead atoms. The molecule has 0 aliphatic carbocycles. The van der Waals surface area contributed by atoms with Gasteiger partial charge in [-0.05, 0) is 78.4 Å². The van der Waals surface area contributed by atoms with Crippen LogP contribution in [0.15, 0.2) is 97.1 Å². The minimum Gasteiger partial charge on any atom is -0.484 e. The van der Waals surface area contributed by atoms with Crippen molar-refractivity contribution in [3.05, 3.63) is 120 Å². The molecule has 0 spiro atoms. The van der Waals surface area contributed by atoms with Crippen LogP contribution in [0.2, 0.25) is 0 Å². The summed E-state index contributed by atoms with van der Waals surface area (Å²) in [6.45, 7) is -0.230. The van der Waals surface area contributed by atoms with Gasteiger partial charge in [-0.2, -0.15) is 0 Å². The molecule has 2 N–H and O–H groups in total. The highest BCUT2D eigenvalue weighted by molar-refractivity contribution is 6.12. The number of rotatable bonds is 6. The summed E-state index contributed by atoms with van der Waals surface area (Å²) in [6, 6.07) is 25.4. The Balaban J connectivity index is 1.33. The van der Waals surface area contributed by atoms with E-state index in [0.29, 0.717) is 28.4 Å². The van der Waals surface area contributed by atoms with Gasteiger partial charge in [-0.15, -0.1) is 0 Å². The van der Waals surface area contributed by atoms with Gasteiger partial charge in [-0.25, -0.2) is 8.78 Å². The minimum absolute atomic E-state index is 0.209. The third-order valence-electron chi connectivity index (χ3n) is 5.73. The average Bonchev–Trinajstić information content (AvgIpc) is 2.90. The Labute approximate surface area is 206 Å². The van der Waals surface area contributed by atoms with Crippen LogP contribution in [0.1, 0.15) is 22.1 Å². The molecule has 0 radical (unpaired) electrons. The molecule has 0 unspecified atom stereocenters. The van der Waals surface area contributed by atoms with E-state index in [4.69, 9.17) is 4.74 Å². The van der Waals surface area contributed by atoms with Crippen molar-refractivity contribution >= 4 is 28.9 Å². The number of hydrogen-bond acceptors (Lipinski definition) is 4. The van der Waals surface area contributed by atoms with E-state index in [2.05, 4.69) is 10.6 Å². The number of halogens is 2. The molecule has 1 aliphatic rings. The maximum absolute atomic E-state index is 13.5. The Kier molecular flexibility index (Phi) is 6.32. The number of benzene rings is 4. The van der Waals surface area contributed by atoms with Crippen LogP contribution >= 0.6 is 0 Å². The van der Waals surface area contributed by atoms with Gasteiger partial charge in [-0.1, -0.05) is 24.3 Å². The molecule has 0 fully saturated rings. The molecule has 5 rings (SSSR count). The van der Waals surface area contributed by atoms with Crippen LogP contribution in [-0.2, 0) is 4.79 Å². The molecule has 8 heteroatoms. The fourth-order valence-electron chi connectivity index (χ4n) is 3.98. The molecule has 1 heterocycles. The molecule has 0 saturated carbocycles. The third kappa shape index (κ3) is 4.88. The second-order valence-electron chi connectivity index (χ2n) is 8.16. The Hall–Kier alpha value is -4.72. The molecule has 2 amide bonds. The average molecular weight is 485 g/mol. The number of ether oxygens (including phenoxy) is 1. The lowest BCUT2D eigenvalue weighted by molar-refractivity contribution is -0.118. The van der Waals surface area contributed by atoms with Crippen LogP contribution in [0.5, 0.6) is 5.75 Å². The van der Waals surface area contributed by atoms with Crippen molar-refractivity contribution in [2.75, 3.05) is 22.1 Å². The number of hydrogen-bond donors (Lipinski definition) is 2. The Morgan fingerprint density at radius 1 is 0.861 bits per heavy atom. The highest BCUT2D eigenvalue weighted by Crippen LogP contribution is 2.37. The Morgan fingerprint density at radius 2 is 1.50 bits per heavy atom. The van der Waals surface area contributed by atoms with Gasteiger partial charge in [0.1, 0.15) is 23.5 Å². The van der Waals surface area contributed by atoms with E-state index >= 15 is 0 Å². The maximum atomic E-state index is 13.5. The molecule has 1 aliphatic heterocycles. The van der Waals surface area contributed by atoms with Crippen molar-refractivity contribution in [3.63, 3.8) is 0 Å². The fraction of sp³-hybridized carbons (Fsp3) is 0.0714. The summed E-state index contributed by atoms with van der Waals surface area (Å²) >= 11 is 0. The van der Waals surface area contributed by atoms with Gasteiger partial charge >= 0.3 is 0 Å². The topological polar surface area (TPSA) is 70.7 Å². The fourth-order valence-corrected chi connectivity index (χ4v) is 3.98. The van der Waals surface area contributed by atoms with Gasteiger partial charge in [0, 0.05) is 17.1 Å². The van der Waals surface area contributed by atoms with Crippen LogP contribution in [-0.4, -0.2) is 18.4 Å². The van der Waals surface area contributed by atoms with Gasteiger partial charge in [0.25, 0.3) is 11.8 Å². The first-order valence-corrected chi connectivity index (χ1v) is 11.2. The van der Waals surface area contributed by atoms with Crippen molar-refractivity contribution in [2.45, 2.75) is 6.17 Å². The smallest absolute Gasteiger partial charge is 0.262 e. The molecule has 0 aromatic heterocycles. The van der Waals surface area contributed by atoms with Gasteiger partial charge in [0.05, 0.1) is 5.56 Å². The SMILES string of the molecule is O=C(COc1ccc([C@H]2Nc3ccccc3C(=O)N2c2ccc(F)cc2)cc1)Nc1ccc(F)cc1. The zero-order chi connectivity index (χ0) is 25.1. The van der Waals surface area contributed by atoms with Crippen molar-refractivity contribution in [1.29, 1.82) is 0 Å². The van der Waals surface area contributed by atoms with E-state index in [1.165, 1.54) is 36.4 Å². The summed E-state index contributed by atoms with van der Waals surface area (Å²) in [4.78, 5) is 27.1.